The fraction of sp³-hybridized carbons (Fsp3) is 0.562. The molecule has 0 saturated carbocycles. The van der Waals surface area contributed by atoms with Crippen LogP contribution in [0, 0.1) is 11.8 Å². The Labute approximate surface area is 129 Å². The summed E-state index contributed by atoms with van der Waals surface area (Å²) in [5.41, 5.74) is 0.311. The van der Waals surface area contributed by atoms with Gasteiger partial charge in [-0.2, -0.15) is 0 Å². The van der Waals surface area contributed by atoms with E-state index in [1.807, 2.05) is 4.90 Å². The van der Waals surface area contributed by atoms with Crippen LogP contribution in [0.25, 0.3) is 0 Å². The summed E-state index contributed by atoms with van der Waals surface area (Å²) in [5, 5.41) is 8.97. The average Bonchev–Trinajstić information content (AvgIpc) is 3.05. The third kappa shape index (κ3) is 3.11. The van der Waals surface area contributed by atoms with Crippen LogP contribution in [-0.4, -0.2) is 53.2 Å². The Kier molecular flexibility index (Phi) is 4.38. The summed E-state index contributed by atoms with van der Waals surface area (Å²) in [6.45, 7) is 3.14. The van der Waals surface area contributed by atoms with Gasteiger partial charge in [0.05, 0.1) is 0 Å². The van der Waals surface area contributed by atoms with Gasteiger partial charge in [0.2, 0.25) is 0 Å². The van der Waals surface area contributed by atoms with Crippen LogP contribution in [0.2, 0.25) is 0 Å². The van der Waals surface area contributed by atoms with Gasteiger partial charge in [-0.25, -0.2) is 9.78 Å². The maximum Gasteiger partial charge on any atom is 0.354 e. The molecule has 0 spiro atoms. The van der Waals surface area contributed by atoms with Crippen molar-refractivity contribution in [3.8, 4) is 0 Å². The van der Waals surface area contributed by atoms with Crippen molar-refractivity contribution >= 4 is 11.9 Å². The number of aromatic carboxylic acids is 1. The monoisotopic (exact) mass is 304 g/mol. The lowest BCUT2D eigenvalue weighted by molar-refractivity contribution is 0.0471. The molecule has 3 rings (SSSR count). The van der Waals surface area contributed by atoms with Crippen LogP contribution in [0.5, 0.6) is 0 Å². The van der Waals surface area contributed by atoms with Crippen LogP contribution in [-0.2, 0) is 4.74 Å². The molecule has 1 N–H and O–H groups in total. The van der Waals surface area contributed by atoms with Crippen LogP contribution in [0.4, 0.5) is 0 Å². The molecule has 118 valence electrons. The molecule has 0 radical (unpaired) electrons. The molecule has 2 saturated heterocycles. The molecule has 2 aliphatic rings. The number of nitrogens with zero attached hydrogens (tertiary/aromatic N) is 2. The van der Waals surface area contributed by atoms with Crippen LogP contribution in [0.1, 0.15) is 40.1 Å². The number of amides is 1. The Bertz CT molecular complexity index is 569. The van der Waals surface area contributed by atoms with Crippen molar-refractivity contribution in [2.45, 2.75) is 19.3 Å². The smallest absolute Gasteiger partial charge is 0.354 e. The highest BCUT2D eigenvalue weighted by molar-refractivity contribution is 5.96. The number of rotatable bonds is 3. The van der Waals surface area contributed by atoms with E-state index in [1.165, 1.54) is 12.3 Å². The molecule has 2 aliphatic heterocycles. The van der Waals surface area contributed by atoms with E-state index < -0.39 is 5.97 Å². The van der Waals surface area contributed by atoms with Gasteiger partial charge in [0.25, 0.3) is 5.91 Å². The molecule has 1 aromatic rings. The number of hydrogen-bond donors (Lipinski definition) is 1. The number of carbonyl (C=O) groups is 2. The predicted molar refractivity (Wildman–Crippen MR) is 78.7 cm³/mol. The van der Waals surface area contributed by atoms with Crippen molar-refractivity contribution in [3.63, 3.8) is 0 Å². The second-order valence-electron chi connectivity index (χ2n) is 5.98. The molecule has 1 unspecified atom stereocenters. The molecule has 1 amide bonds. The first-order valence-corrected chi connectivity index (χ1v) is 7.71. The quantitative estimate of drug-likeness (QED) is 0.919. The molecule has 6 nitrogen and oxygen atoms in total. The SMILES string of the molecule is O=C(O)c1cc(C(=O)N2CCC(C3CCOCC3)C2)ccn1. The molecule has 1 aromatic heterocycles. The Hall–Kier alpha value is -1.95. The minimum absolute atomic E-state index is 0.0916. The number of hydrogen-bond acceptors (Lipinski definition) is 4. The minimum Gasteiger partial charge on any atom is -0.477 e. The Morgan fingerprint density at radius 1 is 1.23 bits per heavy atom. The predicted octanol–water partition coefficient (Wildman–Crippen LogP) is 1.67. The van der Waals surface area contributed by atoms with E-state index in [4.69, 9.17) is 9.84 Å². The van der Waals surface area contributed by atoms with Crippen LogP contribution in [0.15, 0.2) is 18.3 Å². The second-order valence-corrected chi connectivity index (χ2v) is 5.98. The zero-order valence-corrected chi connectivity index (χ0v) is 12.4. The standard InChI is InChI=1S/C16H20N2O4/c19-15(12-1-5-17-14(9-12)16(20)21)18-6-2-13(10-18)11-3-7-22-8-4-11/h1,5,9,11,13H,2-4,6-8,10H2,(H,20,21). The second kappa shape index (κ2) is 6.44. The van der Waals surface area contributed by atoms with Crippen LogP contribution >= 0.6 is 0 Å². The van der Waals surface area contributed by atoms with Gasteiger partial charge in [-0.15, -0.1) is 0 Å². The first-order valence-electron chi connectivity index (χ1n) is 7.71. The molecular weight excluding hydrogens is 284 g/mol. The number of carboxylic acid groups (broad SMARTS) is 1. The van der Waals surface area contributed by atoms with Crippen molar-refractivity contribution in [3.05, 3.63) is 29.6 Å². The summed E-state index contributed by atoms with van der Waals surface area (Å²) in [4.78, 5) is 29.1. The molecule has 2 fully saturated rings. The van der Waals surface area contributed by atoms with Crippen LogP contribution in [0.3, 0.4) is 0 Å². The normalized spacial score (nSPS) is 22.7. The van der Waals surface area contributed by atoms with Gasteiger partial charge < -0.3 is 14.7 Å². The molecule has 1 atom stereocenters. The summed E-state index contributed by atoms with van der Waals surface area (Å²) in [7, 11) is 0. The summed E-state index contributed by atoms with van der Waals surface area (Å²) >= 11 is 0. The van der Waals surface area contributed by atoms with E-state index in [2.05, 4.69) is 4.98 Å². The van der Waals surface area contributed by atoms with Crippen molar-refractivity contribution < 1.29 is 19.4 Å². The van der Waals surface area contributed by atoms with Crippen molar-refractivity contribution in [2.75, 3.05) is 26.3 Å². The largest absolute Gasteiger partial charge is 0.477 e. The number of aromatic nitrogens is 1. The van der Waals surface area contributed by atoms with Gasteiger partial charge in [-0.1, -0.05) is 0 Å². The van der Waals surface area contributed by atoms with Gasteiger partial charge in [-0.05, 0) is 43.2 Å². The summed E-state index contributed by atoms with van der Waals surface area (Å²) in [6.07, 6.45) is 4.55. The topological polar surface area (TPSA) is 79.7 Å². The van der Waals surface area contributed by atoms with Crippen molar-refractivity contribution in [1.82, 2.24) is 9.88 Å². The summed E-state index contributed by atoms with van der Waals surface area (Å²) in [6, 6.07) is 2.93. The number of pyridine rings is 1. The highest BCUT2D eigenvalue weighted by Gasteiger charge is 2.33. The lowest BCUT2D eigenvalue weighted by Gasteiger charge is -2.27. The van der Waals surface area contributed by atoms with E-state index in [0.717, 1.165) is 45.6 Å². The molecule has 6 heteroatoms. The molecular formula is C16H20N2O4. The van der Waals surface area contributed by atoms with Gasteiger partial charge in [0, 0.05) is 38.1 Å². The van der Waals surface area contributed by atoms with Gasteiger partial charge in [-0.3, -0.25) is 4.79 Å². The van der Waals surface area contributed by atoms with E-state index in [1.54, 1.807) is 6.07 Å². The fourth-order valence-corrected chi connectivity index (χ4v) is 3.41. The average molecular weight is 304 g/mol. The van der Waals surface area contributed by atoms with Crippen molar-refractivity contribution in [1.29, 1.82) is 0 Å². The Morgan fingerprint density at radius 2 is 2.00 bits per heavy atom. The van der Waals surface area contributed by atoms with E-state index in [-0.39, 0.29) is 11.6 Å². The van der Waals surface area contributed by atoms with Crippen LogP contribution < -0.4 is 0 Å². The fourth-order valence-electron chi connectivity index (χ4n) is 3.41. The van der Waals surface area contributed by atoms with Gasteiger partial charge in [0.15, 0.2) is 0 Å². The third-order valence-electron chi connectivity index (χ3n) is 4.67. The molecule has 3 heterocycles. The maximum absolute atomic E-state index is 12.5. The Balaban J connectivity index is 1.66. The zero-order chi connectivity index (χ0) is 15.5. The molecule has 22 heavy (non-hydrogen) atoms. The minimum atomic E-state index is -1.11. The number of likely N-dealkylation sites (tertiary alicyclic amines) is 1. The molecule has 0 aromatic carbocycles. The maximum atomic E-state index is 12.5. The number of ether oxygens (including phenoxy) is 1. The van der Waals surface area contributed by atoms with Gasteiger partial charge in [0.1, 0.15) is 5.69 Å². The number of carboxylic acids is 1. The third-order valence-corrected chi connectivity index (χ3v) is 4.67. The van der Waals surface area contributed by atoms with E-state index in [0.29, 0.717) is 17.4 Å². The van der Waals surface area contributed by atoms with Gasteiger partial charge >= 0.3 is 5.97 Å². The molecule has 0 bridgehead atoms. The first kappa shape index (κ1) is 15.0. The zero-order valence-electron chi connectivity index (χ0n) is 12.4. The first-order chi connectivity index (χ1) is 10.6. The lowest BCUT2D eigenvalue weighted by Crippen LogP contribution is -2.31. The lowest BCUT2D eigenvalue weighted by atomic mass is 9.85. The highest BCUT2D eigenvalue weighted by Crippen LogP contribution is 2.31. The Morgan fingerprint density at radius 3 is 2.73 bits per heavy atom. The highest BCUT2D eigenvalue weighted by atomic mass is 16.5. The van der Waals surface area contributed by atoms with E-state index >= 15 is 0 Å². The summed E-state index contributed by atoms with van der Waals surface area (Å²) < 4.78 is 5.40. The number of carbonyl (C=O) groups excluding carboxylic acids is 1. The summed E-state index contributed by atoms with van der Waals surface area (Å²) in [5.74, 6) is -0.0391. The van der Waals surface area contributed by atoms with Crippen molar-refractivity contribution in [2.24, 2.45) is 11.8 Å². The molecule has 0 aliphatic carbocycles. The van der Waals surface area contributed by atoms with E-state index in [9.17, 15) is 9.59 Å².